The van der Waals surface area contributed by atoms with Gasteiger partial charge in [-0.15, -0.1) is 11.3 Å². The topological polar surface area (TPSA) is 113 Å². The summed E-state index contributed by atoms with van der Waals surface area (Å²) >= 11 is 0.816. The van der Waals surface area contributed by atoms with Gasteiger partial charge < -0.3 is 14.9 Å². The summed E-state index contributed by atoms with van der Waals surface area (Å²) in [5.41, 5.74) is 0.0934. The van der Waals surface area contributed by atoms with Crippen LogP contribution < -0.4 is 9.46 Å². The quantitative estimate of drug-likeness (QED) is 0.773. The molecule has 0 radical (unpaired) electrons. The van der Waals surface area contributed by atoms with Crippen LogP contribution in [0.25, 0.3) is 0 Å². The van der Waals surface area contributed by atoms with Crippen LogP contribution in [0.2, 0.25) is 0 Å². The maximum absolute atomic E-state index is 12.2. The van der Waals surface area contributed by atoms with Crippen LogP contribution in [0.3, 0.4) is 0 Å². The Morgan fingerprint density at radius 1 is 1.33 bits per heavy atom. The number of methoxy groups -OCH3 is 1. The fraction of sp³-hybridized carbons (Fsp3) is 0.0833. The number of carboxylic acids is 1. The van der Waals surface area contributed by atoms with Gasteiger partial charge in [0.05, 0.1) is 12.8 Å². The van der Waals surface area contributed by atoms with E-state index in [0.717, 1.165) is 11.3 Å². The summed E-state index contributed by atoms with van der Waals surface area (Å²) in [6.45, 7) is 0. The SMILES string of the molecule is COc1ccc(NS(=O)(=O)c2ccsc2C(=O)O)cc1O. The number of nitrogens with one attached hydrogen (secondary N) is 1. The molecule has 0 bridgehead atoms. The van der Waals surface area contributed by atoms with Crippen molar-refractivity contribution in [3.8, 4) is 11.5 Å². The van der Waals surface area contributed by atoms with Crippen molar-refractivity contribution in [2.24, 2.45) is 0 Å². The average molecular weight is 329 g/mol. The molecule has 0 saturated carbocycles. The van der Waals surface area contributed by atoms with Gasteiger partial charge >= 0.3 is 5.97 Å². The number of phenolic OH excluding ortho intramolecular Hbond substituents is 1. The van der Waals surface area contributed by atoms with Gasteiger partial charge in [0.15, 0.2) is 11.5 Å². The minimum Gasteiger partial charge on any atom is -0.504 e. The number of aromatic hydroxyl groups is 1. The van der Waals surface area contributed by atoms with E-state index in [4.69, 9.17) is 9.84 Å². The summed E-state index contributed by atoms with van der Waals surface area (Å²) in [5, 5.41) is 19.9. The van der Waals surface area contributed by atoms with Crippen LogP contribution in [0, 0.1) is 0 Å². The normalized spacial score (nSPS) is 11.1. The molecule has 0 spiro atoms. The van der Waals surface area contributed by atoms with Gasteiger partial charge in [-0.25, -0.2) is 13.2 Å². The third-order valence-electron chi connectivity index (χ3n) is 2.54. The Balaban J connectivity index is 2.35. The van der Waals surface area contributed by atoms with Crippen molar-refractivity contribution < 1.29 is 28.2 Å². The number of ether oxygens (including phenoxy) is 1. The van der Waals surface area contributed by atoms with E-state index in [2.05, 4.69) is 4.72 Å². The lowest BCUT2D eigenvalue weighted by molar-refractivity contribution is 0.0698. The van der Waals surface area contributed by atoms with Crippen molar-refractivity contribution in [2.75, 3.05) is 11.8 Å². The van der Waals surface area contributed by atoms with Gasteiger partial charge in [-0.2, -0.15) is 0 Å². The molecule has 1 aromatic heterocycles. The number of aromatic carboxylic acids is 1. The Kier molecular flexibility index (Phi) is 4.05. The second-order valence-corrected chi connectivity index (χ2v) is 6.48. The van der Waals surface area contributed by atoms with Gasteiger partial charge in [0.1, 0.15) is 9.77 Å². The van der Waals surface area contributed by atoms with Crippen LogP contribution in [0.1, 0.15) is 9.67 Å². The molecule has 9 heteroatoms. The monoisotopic (exact) mass is 329 g/mol. The fourth-order valence-electron chi connectivity index (χ4n) is 1.63. The number of hydrogen-bond acceptors (Lipinski definition) is 6. The summed E-state index contributed by atoms with van der Waals surface area (Å²) in [5.74, 6) is -1.36. The molecule has 3 N–H and O–H groups in total. The van der Waals surface area contributed by atoms with Crippen LogP contribution in [0.4, 0.5) is 5.69 Å². The molecule has 0 aliphatic heterocycles. The molecule has 0 fully saturated rings. The van der Waals surface area contributed by atoms with Gasteiger partial charge in [0.25, 0.3) is 10.0 Å². The second-order valence-electron chi connectivity index (χ2n) is 3.91. The Hall–Kier alpha value is -2.26. The van der Waals surface area contributed by atoms with Gasteiger partial charge in [-0.1, -0.05) is 0 Å². The van der Waals surface area contributed by atoms with Gasteiger partial charge in [-0.05, 0) is 23.6 Å². The standard InChI is InChI=1S/C12H11NO6S2/c1-19-9-3-2-7(6-8(9)14)13-21(17,18)10-4-5-20-11(10)12(15)16/h2-6,13-14H,1H3,(H,15,16). The molecule has 0 atom stereocenters. The van der Waals surface area contributed by atoms with Crippen LogP contribution in [-0.4, -0.2) is 31.7 Å². The van der Waals surface area contributed by atoms with Crippen molar-refractivity contribution in [3.05, 3.63) is 34.5 Å². The van der Waals surface area contributed by atoms with Crippen molar-refractivity contribution >= 4 is 33.0 Å². The van der Waals surface area contributed by atoms with E-state index in [1.807, 2.05) is 0 Å². The molecule has 0 saturated heterocycles. The number of thiophene rings is 1. The third kappa shape index (κ3) is 3.09. The Morgan fingerprint density at radius 3 is 2.62 bits per heavy atom. The molecule has 112 valence electrons. The number of carbonyl (C=O) groups is 1. The molecule has 2 rings (SSSR count). The predicted octanol–water partition coefficient (Wildman–Crippen LogP) is 1.96. The van der Waals surface area contributed by atoms with Crippen LogP contribution in [-0.2, 0) is 10.0 Å². The lowest BCUT2D eigenvalue weighted by Crippen LogP contribution is -2.15. The van der Waals surface area contributed by atoms with Gasteiger partial charge in [-0.3, -0.25) is 4.72 Å². The number of benzene rings is 1. The van der Waals surface area contributed by atoms with Crippen LogP contribution >= 0.6 is 11.3 Å². The zero-order chi connectivity index (χ0) is 15.6. The average Bonchev–Trinajstić information content (AvgIpc) is 2.88. The largest absolute Gasteiger partial charge is 0.504 e. The lowest BCUT2D eigenvalue weighted by Gasteiger charge is -2.09. The molecular weight excluding hydrogens is 318 g/mol. The molecule has 7 nitrogen and oxygen atoms in total. The van der Waals surface area contributed by atoms with Crippen LogP contribution in [0.5, 0.6) is 11.5 Å². The zero-order valence-corrected chi connectivity index (χ0v) is 12.4. The third-order valence-corrected chi connectivity index (χ3v) is 5.00. The van der Waals surface area contributed by atoms with Crippen molar-refractivity contribution in [1.29, 1.82) is 0 Å². The summed E-state index contributed by atoms with van der Waals surface area (Å²) in [6, 6.07) is 5.16. The molecule has 21 heavy (non-hydrogen) atoms. The number of hydrogen-bond donors (Lipinski definition) is 3. The number of anilines is 1. The summed E-state index contributed by atoms with van der Waals surface area (Å²) < 4.78 is 31.4. The summed E-state index contributed by atoms with van der Waals surface area (Å²) in [6.07, 6.45) is 0. The van der Waals surface area contributed by atoms with Gasteiger partial charge in [0, 0.05) is 6.07 Å². The minimum absolute atomic E-state index is 0.0934. The zero-order valence-electron chi connectivity index (χ0n) is 10.7. The van der Waals surface area contributed by atoms with Gasteiger partial charge in [0.2, 0.25) is 0 Å². The molecule has 0 aliphatic carbocycles. The fourth-order valence-corrected chi connectivity index (χ4v) is 3.94. The summed E-state index contributed by atoms with van der Waals surface area (Å²) in [7, 11) is -2.69. The highest BCUT2D eigenvalue weighted by atomic mass is 32.2. The van der Waals surface area contributed by atoms with Crippen molar-refractivity contribution in [1.82, 2.24) is 0 Å². The minimum atomic E-state index is -4.05. The number of carboxylic acid groups (broad SMARTS) is 1. The maximum Gasteiger partial charge on any atom is 0.347 e. The second kappa shape index (κ2) is 5.62. The Morgan fingerprint density at radius 2 is 2.05 bits per heavy atom. The maximum atomic E-state index is 12.2. The first-order chi connectivity index (χ1) is 9.85. The first-order valence-electron chi connectivity index (χ1n) is 5.56. The highest BCUT2D eigenvalue weighted by molar-refractivity contribution is 7.93. The van der Waals surface area contributed by atoms with E-state index in [1.54, 1.807) is 0 Å². The van der Waals surface area contributed by atoms with Crippen molar-refractivity contribution in [2.45, 2.75) is 4.90 Å². The van der Waals surface area contributed by atoms with Crippen LogP contribution in [0.15, 0.2) is 34.5 Å². The number of phenols is 1. The molecule has 0 amide bonds. The lowest BCUT2D eigenvalue weighted by atomic mass is 10.3. The molecule has 1 aromatic carbocycles. The van der Waals surface area contributed by atoms with Crippen molar-refractivity contribution in [3.63, 3.8) is 0 Å². The Bertz CT molecular complexity index is 781. The molecular formula is C12H11NO6S2. The number of rotatable bonds is 5. The van der Waals surface area contributed by atoms with E-state index < -0.39 is 16.0 Å². The summed E-state index contributed by atoms with van der Waals surface area (Å²) in [4.78, 5) is 10.4. The highest BCUT2D eigenvalue weighted by Crippen LogP contribution is 2.30. The number of sulfonamides is 1. The van der Waals surface area contributed by atoms with E-state index in [9.17, 15) is 18.3 Å². The van der Waals surface area contributed by atoms with E-state index >= 15 is 0 Å². The van der Waals surface area contributed by atoms with E-state index in [0.29, 0.717) is 0 Å². The molecule has 2 aromatic rings. The first kappa shape index (κ1) is 15.1. The molecule has 1 heterocycles. The van der Waals surface area contributed by atoms with E-state index in [-0.39, 0.29) is 27.0 Å². The molecule has 0 unspecified atom stereocenters. The first-order valence-corrected chi connectivity index (χ1v) is 7.92. The molecule has 0 aliphatic rings. The van der Waals surface area contributed by atoms with E-state index in [1.165, 1.54) is 36.8 Å². The highest BCUT2D eigenvalue weighted by Gasteiger charge is 2.24. The Labute approximate surface area is 124 Å². The smallest absolute Gasteiger partial charge is 0.347 e. The predicted molar refractivity (Wildman–Crippen MR) is 76.7 cm³/mol.